The van der Waals surface area contributed by atoms with Crippen LogP contribution in [0.5, 0.6) is 0 Å². The molecule has 0 aliphatic carbocycles. The molecule has 2 aromatic rings. The molecule has 7 heteroatoms. The second kappa shape index (κ2) is 5.62. The van der Waals surface area contributed by atoms with E-state index in [1.54, 1.807) is 11.6 Å². The number of fused-ring (bicyclic) bond motifs is 1. The van der Waals surface area contributed by atoms with Crippen LogP contribution in [0, 0.1) is 0 Å². The highest BCUT2D eigenvalue weighted by molar-refractivity contribution is 5.70. The zero-order valence-electron chi connectivity index (χ0n) is 12.2. The minimum absolute atomic E-state index is 0.283. The molecule has 20 heavy (non-hydrogen) atoms. The van der Waals surface area contributed by atoms with Gasteiger partial charge >= 0.3 is 5.69 Å². The van der Waals surface area contributed by atoms with Crippen LogP contribution in [0.15, 0.2) is 9.59 Å². The zero-order chi connectivity index (χ0) is 14.9. The van der Waals surface area contributed by atoms with Gasteiger partial charge in [0.15, 0.2) is 11.2 Å². The average Bonchev–Trinajstić information content (AvgIpc) is 2.75. The van der Waals surface area contributed by atoms with E-state index in [-0.39, 0.29) is 11.2 Å². The molecule has 0 aliphatic rings. The Kier molecular flexibility index (Phi) is 4.08. The minimum Gasteiger partial charge on any atom is -0.330 e. The van der Waals surface area contributed by atoms with Crippen molar-refractivity contribution in [3.05, 3.63) is 26.7 Å². The maximum atomic E-state index is 12.5. The third kappa shape index (κ3) is 2.18. The first kappa shape index (κ1) is 14.5. The normalized spacial score (nSPS) is 11.4. The molecule has 2 rings (SSSR count). The van der Waals surface area contributed by atoms with Crippen molar-refractivity contribution in [1.82, 2.24) is 18.7 Å². The van der Waals surface area contributed by atoms with Crippen LogP contribution >= 0.6 is 0 Å². The summed E-state index contributed by atoms with van der Waals surface area (Å²) in [4.78, 5) is 29.1. The van der Waals surface area contributed by atoms with Crippen molar-refractivity contribution in [3.63, 3.8) is 0 Å². The van der Waals surface area contributed by atoms with Gasteiger partial charge < -0.3 is 10.3 Å². The van der Waals surface area contributed by atoms with Gasteiger partial charge in [0.25, 0.3) is 5.56 Å². The zero-order valence-corrected chi connectivity index (χ0v) is 12.2. The molecule has 0 fully saturated rings. The van der Waals surface area contributed by atoms with Gasteiger partial charge in [0.2, 0.25) is 0 Å². The van der Waals surface area contributed by atoms with E-state index in [9.17, 15) is 9.59 Å². The lowest BCUT2D eigenvalue weighted by Gasteiger charge is -2.07. The molecule has 2 aromatic heterocycles. The Morgan fingerprint density at radius 1 is 1.20 bits per heavy atom. The topological polar surface area (TPSA) is 87.8 Å². The van der Waals surface area contributed by atoms with Crippen molar-refractivity contribution in [2.45, 2.75) is 32.7 Å². The highest BCUT2D eigenvalue weighted by Crippen LogP contribution is 2.10. The lowest BCUT2D eigenvalue weighted by Crippen LogP contribution is -2.40. The van der Waals surface area contributed by atoms with E-state index in [4.69, 9.17) is 5.73 Å². The Morgan fingerprint density at radius 2 is 1.90 bits per heavy atom. The second-order valence-corrected chi connectivity index (χ2v) is 4.95. The number of rotatable bonds is 5. The molecular weight excluding hydrogens is 258 g/mol. The largest absolute Gasteiger partial charge is 0.332 e. The number of nitrogens with zero attached hydrogens (tertiary/aromatic N) is 4. The first-order valence-electron chi connectivity index (χ1n) is 6.88. The quantitative estimate of drug-likeness (QED) is 0.816. The Balaban J connectivity index is 2.77. The third-order valence-electron chi connectivity index (χ3n) is 3.51. The van der Waals surface area contributed by atoms with Gasteiger partial charge in [-0.2, -0.15) is 0 Å². The molecule has 0 amide bonds. The molecule has 7 nitrogen and oxygen atoms in total. The van der Waals surface area contributed by atoms with E-state index in [0.717, 1.165) is 18.7 Å². The van der Waals surface area contributed by atoms with Gasteiger partial charge in [0.1, 0.15) is 5.82 Å². The van der Waals surface area contributed by atoms with Crippen LogP contribution in [0.1, 0.15) is 25.6 Å². The number of aryl methyl sites for hydroxylation is 3. The Bertz CT molecular complexity index is 738. The lowest BCUT2D eigenvalue weighted by molar-refractivity contribution is 0.576. The summed E-state index contributed by atoms with van der Waals surface area (Å²) in [6.45, 7) is 2.84. The Morgan fingerprint density at radius 3 is 2.50 bits per heavy atom. The van der Waals surface area contributed by atoms with Crippen molar-refractivity contribution in [2.75, 3.05) is 6.54 Å². The molecule has 0 saturated heterocycles. The van der Waals surface area contributed by atoms with Gasteiger partial charge in [0, 0.05) is 27.1 Å². The summed E-state index contributed by atoms with van der Waals surface area (Å²) in [5, 5.41) is 0. The van der Waals surface area contributed by atoms with Crippen molar-refractivity contribution in [2.24, 2.45) is 19.8 Å². The molecular formula is C13H21N5O2. The summed E-state index contributed by atoms with van der Waals surface area (Å²) in [7, 11) is 3.46. The first-order chi connectivity index (χ1) is 9.52. The number of aromatic nitrogens is 4. The monoisotopic (exact) mass is 279 g/mol. The first-order valence-corrected chi connectivity index (χ1v) is 6.88. The molecule has 0 aromatic carbocycles. The number of nitrogens with two attached hydrogens (primary N) is 1. The van der Waals surface area contributed by atoms with E-state index in [2.05, 4.69) is 11.9 Å². The Labute approximate surface area is 116 Å². The fraction of sp³-hybridized carbons (Fsp3) is 0.615. The van der Waals surface area contributed by atoms with Crippen LogP contribution < -0.4 is 17.0 Å². The molecule has 2 N–H and O–H groups in total. The van der Waals surface area contributed by atoms with Crippen LogP contribution in [0.2, 0.25) is 0 Å². The van der Waals surface area contributed by atoms with Gasteiger partial charge in [0.05, 0.1) is 0 Å². The van der Waals surface area contributed by atoms with Crippen molar-refractivity contribution < 1.29 is 0 Å². The lowest BCUT2D eigenvalue weighted by atomic mass is 10.3. The van der Waals surface area contributed by atoms with Crippen LogP contribution in [0.4, 0.5) is 0 Å². The molecule has 0 radical (unpaired) electrons. The average molecular weight is 279 g/mol. The fourth-order valence-corrected chi connectivity index (χ4v) is 2.38. The molecule has 2 heterocycles. The predicted octanol–water partition coefficient (Wildman–Crippen LogP) is -0.265. The molecule has 110 valence electrons. The Hall–Kier alpha value is -1.89. The summed E-state index contributed by atoms with van der Waals surface area (Å²) in [5.41, 5.74) is 5.77. The summed E-state index contributed by atoms with van der Waals surface area (Å²) >= 11 is 0. The van der Waals surface area contributed by atoms with E-state index in [1.165, 1.54) is 9.13 Å². The molecule has 0 unspecified atom stereocenters. The van der Waals surface area contributed by atoms with E-state index >= 15 is 0 Å². The van der Waals surface area contributed by atoms with Crippen LogP contribution in [-0.2, 0) is 27.1 Å². The summed E-state index contributed by atoms with van der Waals surface area (Å²) < 4.78 is 4.47. The van der Waals surface area contributed by atoms with Crippen LogP contribution in [0.25, 0.3) is 11.2 Å². The van der Waals surface area contributed by atoms with Crippen LogP contribution in [0.3, 0.4) is 0 Å². The number of imidazole rings is 1. The van der Waals surface area contributed by atoms with E-state index < -0.39 is 0 Å². The van der Waals surface area contributed by atoms with Crippen molar-refractivity contribution in [3.8, 4) is 0 Å². The number of hydrogen-bond donors (Lipinski definition) is 1. The van der Waals surface area contributed by atoms with Crippen molar-refractivity contribution in [1.29, 1.82) is 0 Å². The molecule has 0 spiro atoms. The molecule has 0 bridgehead atoms. The SMILES string of the molecule is CCCc1nc2c(c(=O)n(CCCN)c(=O)n2C)n1C. The maximum Gasteiger partial charge on any atom is 0.332 e. The van der Waals surface area contributed by atoms with Gasteiger partial charge in [-0.3, -0.25) is 13.9 Å². The molecule has 0 atom stereocenters. The van der Waals surface area contributed by atoms with E-state index in [0.29, 0.717) is 30.7 Å². The third-order valence-corrected chi connectivity index (χ3v) is 3.51. The smallest absolute Gasteiger partial charge is 0.330 e. The predicted molar refractivity (Wildman–Crippen MR) is 77.9 cm³/mol. The fourth-order valence-electron chi connectivity index (χ4n) is 2.38. The van der Waals surface area contributed by atoms with Gasteiger partial charge in [-0.05, 0) is 19.4 Å². The molecule has 0 aliphatic heterocycles. The minimum atomic E-state index is -0.336. The number of hydrogen-bond acceptors (Lipinski definition) is 4. The summed E-state index contributed by atoms with van der Waals surface area (Å²) in [6.07, 6.45) is 2.31. The highest BCUT2D eigenvalue weighted by Gasteiger charge is 2.17. The standard InChI is InChI=1S/C13H21N5O2/c1-4-6-9-15-11-10(16(9)2)12(19)18(8-5-7-14)13(20)17(11)3/h4-8,14H2,1-3H3. The summed E-state index contributed by atoms with van der Waals surface area (Å²) in [6, 6.07) is 0. The maximum absolute atomic E-state index is 12.5. The molecule has 0 saturated carbocycles. The van der Waals surface area contributed by atoms with Gasteiger partial charge in [-0.25, -0.2) is 9.78 Å². The van der Waals surface area contributed by atoms with Gasteiger partial charge in [-0.15, -0.1) is 0 Å². The van der Waals surface area contributed by atoms with E-state index in [1.807, 2.05) is 7.05 Å². The van der Waals surface area contributed by atoms with Crippen molar-refractivity contribution >= 4 is 11.2 Å². The summed E-state index contributed by atoms with van der Waals surface area (Å²) in [5.74, 6) is 0.825. The highest BCUT2D eigenvalue weighted by atomic mass is 16.2. The van der Waals surface area contributed by atoms with Gasteiger partial charge in [-0.1, -0.05) is 6.92 Å². The van der Waals surface area contributed by atoms with Crippen LogP contribution in [-0.4, -0.2) is 25.2 Å². The second-order valence-electron chi connectivity index (χ2n) is 4.95.